The SMILES string of the molecule is CCC1CCC(C(C)(N)c2ccc(F)cn2)CC1. The molecule has 0 saturated heterocycles. The molecule has 1 atom stereocenters. The molecule has 1 aromatic heterocycles. The maximum Gasteiger partial charge on any atom is 0.141 e. The predicted molar refractivity (Wildman–Crippen MR) is 71.5 cm³/mol. The first kappa shape index (κ1) is 13.5. The molecule has 1 aliphatic rings. The van der Waals surface area contributed by atoms with Crippen LogP contribution in [0.1, 0.15) is 51.6 Å². The molecule has 100 valence electrons. The molecule has 2 N–H and O–H groups in total. The summed E-state index contributed by atoms with van der Waals surface area (Å²) in [5, 5.41) is 0. The largest absolute Gasteiger partial charge is 0.320 e. The van der Waals surface area contributed by atoms with Crippen molar-refractivity contribution in [2.24, 2.45) is 17.6 Å². The number of hydrogen-bond donors (Lipinski definition) is 1. The van der Waals surface area contributed by atoms with E-state index < -0.39 is 5.54 Å². The van der Waals surface area contributed by atoms with E-state index in [0.717, 1.165) is 24.5 Å². The molecule has 2 nitrogen and oxygen atoms in total. The number of hydrogen-bond acceptors (Lipinski definition) is 2. The number of nitrogens with two attached hydrogens (primary N) is 1. The first-order chi connectivity index (χ1) is 8.54. The van der Waals surface area contributed by atoms with Gasteiger partial charge in [0.2, 0.25) is 0 Å². The molecule has 3 heteroatoms. The quantitative estimate of drug-likeness (QED) is 0.890. The molecule has 1 aliphatic carbocycles. The first-order valence-electron chi connectivity index (χ1n) is 6.95. The van der Waals surface area contributed by atoms with Gasteiger partial charge in [0.1, 0.15) is 5.82 Å². The maximum absolute atomic E-state index is 12.9. The number of nitrogens with zero attached hydrogens (tertiary/aromatic N) is 1. The second-order valence-corrected chi connectivity index (χ2v) is 5.77. The van der Waals surface area contributed by atoms with Gasteiger partial charge in [-0.15, -0.1) is 0 Å². The van der Waals surface area contributed by atoms with Crippen LogP contribution in [-0.4, -0.2) is 4.98 Å². The average molecular weight is 250 g/mol. The highest BCUT2D eigenvalue weighted by atomic mass is 19.1. The van der Waals surface area contributed by atoms with Crippen molar-refractivity contribution in [2.75, 3.05) is 0 Å². The summed E-state index contributed by atoms with van der Waals surface area (Å²) in [7, 11) is 0. The van der Waals surface area contributed by atoms with Gasteiger partial charge in [-0.1, -0.05) is 26.2 Å². The summed E-state index contributed by atoms with van der Waals surface area (Å²) in [4.78, 5) is 4.16. The summed E-state index contributed by atoms with van der Waals surface area (Å²) in [6, 6.07) is 3.17. The molecule has 0 aromatic carbocycles. The van der Waals surface area contributed by atoms with Crippen LogP contribution in [0.25, 0.3) is 0 Å². The second-order valence-electron chi connectivity index (χ2n) is 5.77. The highest BCUT2D eigenvalue weighted by molar-refractivity contribution is 5.16. The number of rotatable bonds is 3. The van der Waals surface area contributed by atoms with Gasteiger partial charge in [0.15, 0.2) is 0 Å². The summed E-state index contributed by atoms with van der Waals surface area (Å²) in [5.74, 6) is 1.01. The van der Waals surface area contributed by atoms with E-state index in [0.29, 0.717) is 5.92 Å². The van der Waals surface area contributed by atoms with Gasteiger partial charge in [0, 0.05) is 0 Å². The number of aromatic nitrogens is 1. The van der Waals surface area contributed by atoms with E-state index in [2.05, 4.69) is 11.9 Å². The molecule has 0 amide bonds. The third kappa shape index (κ3) is 2.72. The predicted octanol–water partition coefficient (Wildman–Crippen LogP) is 3.61. The molecule has 2 rings (SSSR count). The third-order valence-corrected chi connectivity index (χ3v) is 4.55. The molecule has 0 aliphatic heterocycles. The zero-order valence-corrected chi connectivity index (χ0v) is 11.3. The van der Waals surface area contributed by atoms with Crippen molar-refractivity contribution in [3.63, 3.8) is 0 Å². The number of halogens is 1. The van der Waals surface area contributed by atoms with Gasteiger partial charge in [-0.3, -0.25) is 4.98 Å². The minimum Gasteiger partial charge on any atom is -0.320 e. The molecular weight excluding hydrogens is 227 g/mol. The Hall–Kier alpha value is -0.960. The van der Waals surface area contributed by atoms with Crippen LogP contribution in [0.2, 0.25) is 0 Å². The van der Waals surface area contributed by atoms with Crippen molar-refractivity contribution in [2.45, 2.75) is 51.5 Å². The lowest BCUT2D eigenvalue weighted by atomic mass is 9.71. The highest BCUT2D eigenvalue weighted by Gasteiger charge is 2.35. The lowest BCUT2D eigenvalue weighted by Gasteiger charge is -2.38. The van der Waals surface area contributed by atoms with Gasteiger partial charge < -0.3 is 5.73 Å². The van der Waals surface area contributed by atoms with Crippen molar-refractivity contribution in [3.05, 3.63) is 29.8 Å². The van der Waals surface area contributed by atoms with Crippen LogP contribution in [0.3, 0.4) is 0 Å². The fraction of sp³-hybridized carbons (Fsp3) is 0.667. The van der Waals surface area contributed by atoms with E-state index in [4.69, 9.17) is 5.73 Å². The van der Waals surface area contributed by atoms with Crippen molar-refractivity contribution in [1.29, 1.82) is 0 Å². The minimum atomic E-state index is -0.438. The lowest BCUT2D eigenvalue weighted by molar-refractivity contribution is 0.180. The molecule has 1 saturated carbocycles. The molecule has 18 heavy (non-hydrogen) atoms. The van der Waals surface area contributed by atoms with E-state index in [-0.39, 0.29) is 5.82 Å². The Bertz CT molecular complexity index is 378. The second kappa shape index (κ2) is 5.35. The van der Waals surface area contributed by atoms with E-state index in [1.807, 2.05) is 6.92 Å². The van der Waals surface area contributed by atoms with E-state index in [1.165, 1.54) is 31.5 Å². The molecule has 1 unspecified atom stereocenters. The fourth-order valence-electron chi connectivity index (χ4n) is 3.07. The Labute approximate surface area is 109 Å². The van der Waals surface area contributed by atoms with Crippen LogP contribution in [0, 0.1) is 17.7 Å². The van der Waals surface area contributed by atoms with Crippen molar-refractivity contribution in [1.82, 2.24) is 4.98 Å². The Kier molecular flexibility index (Phi) is 4.00. The molecule has 1 fully saturated rings. The van der Waals surface area contributed by atoms with Crippen LogP contribution in [0.4, 0.5) is 4.39 Å². The highest BCUT2D eigenvalue weighted by Crippen LogP contribution is 2.39. The molecular formula is C15H23FN2. The fourth-order valence-corrected chi connectivity index (χ4v) is 3.07. The Morgan fingerprint density at radius 1 is 1.33 bits per heavy atom. The maximum atomic E-state index is 12.9. The standard InChI is InChI=1S/C15H23FN2/c1-3-11-4-6-12(7-5-11)15(2,17)14-9-8-13(16)10-18-14/h8-12H,3-7,17H2,1-2H3. The van der Waals surface area contributed by atoms with Crippen LogP contribution < -0.4 is 5.73 Å². The number of pyridine rings is 1. The van der Waals surface area contributed by atoms with Gasteiger partial charge in [-0.05, 0) is 43.7 Å². The van der Waals surface area contributed by atoms with E-state index in [9.17, 15) is 4.39 Å². The van der Waals surface area contributed by atoms with Crippen LogP contribution >= 0.6 is 0 Å². The Morgan fingerprint density at radius 2 is 2.00 bits per heavy atom. The smallest absolute Gasteiger partial charge is 0.141 e. The molecule has 0 radical (unpaired) electrons. The summed E-state index contributed by atoms with van der Waals surface area (Å²) in [6.45, 7) is 4.29. The Morgan fingerprint density at radius 3 is 2.50 bits per heavy atom. The average Bonchev–Trinajstić information content (AvgIpc) is 2.39. The monoisotopic (exact) mass is 250 g/mol. The van der Waals surface area contributed by atoms with Gasteiger partial charge in [0.05, 0.1) is 17.4 Å². The molecule has 0 bridgehead atoms. The van der Waals surface area contributed by atoms with E-state index >= 15 is 0 Å². The zero-order chi connectivity index (χ0) is 13.2. The zero-order valence-electron chi connectivity index (χ0n) is 11.3. The minimum absolute atomic E-state index is 0.302. The van der Waals surface area contributed by atoms with Crippen LogP contribution in [0.5, 0.6) is 0 Å². The van der Waals surface area contributed by atoms with Crippen LogP contribution in [-0.2, 0) is 5.54 Å². The van der Waals surface area contributed by atoms with Crippen LogP contribution in [0.15, 0.2) is 18.3 Å². The molecule has 1 aromatic rings. The van der Waals surface area contributed by atoms with Crippen molar-refractivity contribution in [3.8, 4) is 0 Å². The normalized spacial score (nSPS) is 27.8. The topological polar surface area (TPSA) is 38.9 Å². The summed E-state index contributed by atoms with van der Waals surface area (Å²) >= 11 is 0. The van der Waals surface area contributed by atoms with Gasteiger partial charge in [-0.2, -0.15) is 0 Å². The van der Waals surface area contributed by atoms with Gasteiger partial charge in [0.25, 0.3) is 0 Å². The Balaban J connectivity index is 2.09. The summed E-state index contributed by atoms with van der Waals surface area (Å²) in [6.07, 6.45) is 7.36. The third-order valence-electron chi connectivity index (χ3n) is 4.55. The van der Waals surface area contributed by atoms with Gasteiger partial charge in [-0.25, -0.2) is 4.39 Å². The molecule has 0 spiro atoms. The summed E-state index contributed by atoms with van der Waals surface area (Å²) < 4.78 is 12.9. The van der Waals surface area contributed by atoms with Crippen molar-refractivity contribution >= 4 is 0 Å². The summed E-state index contributed by atoms with van der Waals surface area (Å²) in [5.41, 5.74) is 6.84. The van der Waals surface area contributed by atoms with Crippen molar-refractivity contribution < 1.29 is 4.39 Å². The first-order valence-corrected chi connectivity index (χ1v) is 6.95. The lowest BCUT2D eigenvalue weighted by Crippen LogP contribution is -2.43. The van der Waals surface area contributed by atoms with E-state index in [1.54, 1.807) is 6.07 Å². The van der Waals surface area contributed by atoms with Gasteiger partial charge >= 0.3 is 0 Å². The molecule has 1 heterocycles.